The minimum absolute atomic E-state index is 0.0999. The molecule has 3 aromatic heterocycles. The van der Waals surface area contributed by atoms with E-state index in [1.165, 1.54) is 23.5 Å². The number of hydrogen-bond acceptors (Lipinski definition) is 4. The van der Waals surface area contributed by atoms with Gasteiger partial charge in [0.15, 0.2) is 0 Å². The summed E-state index contributed by atoms with van der Waals surface area (Å²) in [7, 11) is 1.83. The van der Waals surface area contributed by atoms with Crippen LogP contribution in [0.15, 0.2) is 35.3 Å². The molecule has 27 heavy (non-hydrogen) atoms. The summed E-state index contributed by atoms with van der Waals surface area (Å²) in [4.78, 5) is 19.4. The number of imidazole rings is 1. The van der Waals surface area contributed by atoms with Crippen LogP contribution in [0, 0.1) is 5.41 Å². The number of thiophene rings is 1. The van der Waals surface area contributed by atoms with Gasteiger partial charge in [0.1, 0.15) is 11.5 Å². The number of nitrogens with zero attached hydrogens (tertiary/aromatic N) is 5. The fourth-order valence-electron chi connectivity index (χ4n) is 4.56. The molecule has 5 heterocycles. The fraction of sp³-hybridized carbons (Fsp3) is 0.450. The quantitative estimate of drug-likeness (QED) is 0.685. The number of rotatable bonds is 2. The van der Waals surface area contributed by atoms with Gasteiger partial charge in [0.05, 0.1) is 11.9 Å². The van der Waals surface area contributed by atoms with E-state index in [0.717, 1.165) is 38.9 Å². The van der Waals surface area contributed by atoms with Crippen molar-refractivity contribution in [2.24, 2.45) is 12.5 Å². The number of hydrogen-bond donors (Lipinski definition) is 0. The monoisotopic (exact) mass is 381 g/mol. The summed E-state index contributed by atoms with van der Waals surface area (Å²) in [6.45, 7) is 2.66. The van der Waals surface area contributed by atoms with E-state index in [0.29, 0.717) is 5.69 Å². The molecule has 0 aromatic carbocycles. The van der Waals surface area contributed by atoms with Crippen LogP contribution < -0.4 is 0 Å². The minimum Gasteiger partial charge on any atom is -0.337 e. The largest absolute Gasteiger partial charge is 0.337 e. The zero-order chi connectivity index (χ0) is 18.4. The van der Waals surface area contributed by atoms with Crippen LogP contribution in [-0.4, -0.2) is 43.2 Å². The molecule has 0 N–H and O–H groups in total. The maximum Gasteiger partial charge on any atom is 0.272 e. The Morgan fingerprint density at radius 2 is 2.07 bits per heavy atom. The Balaban J connectivity index is 1.33. The highest BCUT2D eigenvalue weighted by Crippen LogP contribution is 2.42. The summed E-state index contributed by atoms with van der Waals surface area (Å²) in [5.74, 6) is 1.30. The predicted octanol–water partition coefficient (Wildman–Crippen LogP) is 3.21. The van der Waals surface area contributed by atoms with Gasteiger partial charge in [0.2, 0.25) is 0 Å². The van der Waals surface area contributed by atoms with Crippen LogP contribution in [0.2, 0.25) is 0 Å². The number of likely N-dealkylation sites (tertiary alicyclic amines) is 1. The van der Waals surface area contributed by atoms with E-state index in [9.17, 15) is 4.79 Å². The number of aromatic nitrogens is 4. The summed E-state index contributed by atoms with van der Waals surface area (Å²) in [5, 5.41) is 8.45. The Labute approximate surface area is 162 Å². The highest BCUT2D eigenvalue weighted by Gasteiger charge is 2.40. The first kappa shape index (κ1) is 16.7. The van der Waals surface area contributed by atoms with Crippen molar-refractivity contribution in [1.29, 1.82) is 0 Å². The molecule has 7 heteroatoms. The Kier molecular flexibility index (Phi) is 3.93. The lowest BCUT2D eigenvalue weighted by Crippen LogP contribution is -2.46. The van der Waals surface area contributed by atoms with Crippen LogP contribution in [-0.2, 0) is 20.0 Å². The van der Waals surface area contributed by atoms with Crippen LogP contribution in [0.3, 0.4) is 0 Å². The van der Waals surface area contributed by atoms with Crippen molar-refractivity contribution < 1.29 is 4.79 Å². The second-order valence-corrected chi connectivity index (χ2v) is 8.57. The van der Waals surface area contributed by atoms with Crippen LogP contribution in [0.25, 0.3) is 11.3 Å². The van der Waals surface area contributed by atoms with E-state index >= 15 is 0 Å². The Morgan fingerprint density at radius 1 is 1.22 bits per heavy atom. The molecule has 6 nitrogen and oxygen atoms in total. The van der Waals surface area contributed by atoms with E-state index in [1.54, 1.807) is 28.3 Å². The first-order valence-corrected chi connectivity index (χ1v) is 10.4. The van der Waals surface area contributed by atoms with Gasteiger partial charge in [0.25, 0.3) is 5.91 Å². The van der Waals surface area contributed by atoms with Crippen LogP contribution >= 0.6 is 11.3 Å². The number of aryl methyl sites for hydroxylation is 2. The average molecular weight is 382 g/mol. The lowest BCUT2D eigenvalue weighted by molar-refractivity contribution is 0.0462. The van der Waals surface area contributed by atoms with E-state index in [-0.39, 0.29) is 11.3 Å². The fourth-order valence-corrected chi connectivity index (χ4v) is 5.21. The van der Waals surface area contributed by atoms with Gasteiger partial charge in [-0.15, -0.1) is 0 Å². The van der Waals surface area contributed by atoms with E-state index < -0.39 is 0 Å². The summed E-state index contributed by atoms with van der Waals surface area (Å²) in [6.07, 6.45) is 8.01. The average Bonchev–Trinajstić information content (AvgIpc) is 3.42. The van der Waals surface area contributed by atoms with Gasteiger partial charge in [-0.25, -0.2) is 4.98 Å². The Morgan fingerprint density at radius 3 is 2.78 bits per heavy atom. The number of carbonyl (C=O) groups is 1. The smallest absolute Gasteiger partial charge is 0.272 e. The molecule has 0 radical (unpaired) electrons. The van der Waals surface area contributed by atoms with Crippen molar-refractivity contribution in [2.45, 2.75) is 32.2 Å². The van der Waals surface area contributed by atoms with Crippen LogP contribution in [0.1, 0.15) is 35.6 Å². The standard InChI is InChI=1S/C20H23N5OS/c1-23-16(3-8-22-23)19(26)24-9-6-20(7-10-24)5-2-18-21-12-17(25(18)14-20)15-4-11-27-13-15/h3-4,8,11-13H,2,5-7,9-10,14H2,1H3. The number of amides is 1. The first-order chi connectivity index (χ1) is 13.2. The summed E-state index contributed by atoms with van der Waals surface area (Å²) < 4.78 is 4.09. The topological polar surface area (TPSA) is 56.0 Å². The molecule has 140 valence electrons. The highest BCUT2D eigenvalue weighted by atomic mass is 32.1. The maximum atomic E-state index is 12.8. The van der Waals surface area contributed by atoms with Crippen molar-refractivity contribution in [1.82, 2.24) is 24.2 Å². The molecular weight excluding hydrogens is 358 g/mol. The minimum atomic E-state index is 0.0999. The van der Waals surface area contributed by atoms with Crippen molar-refractivity contribution in [3.05, 3.63) is 46.8 Å². The molecule has 1 amide bonds. The summed E-state index contributed by atoms with van der Waals surface area (Å²) in [6, 6.07) is 3.98. The SMILES string of the molecule is Cn1nccc1C(=O)N1CCC2(CCc3ncc(-c4ccsc4)n3C2)CC1. The lowest BCUT2D eigenvalue weighted by atomic mass is 9.73. The lowest BCUT2D eigenvalue weighted by Gasteiger charge is -2.44. The number of fused-ring (bicyclic) bond motifs is 1. The molecule has 0 bridgehead atoms. The molecule has 2 aliphatic rings. The highest BCUT2D eigenvalue weighted by molar-refractivity contribution is 7.08. The van der Waals surface area contributed by atoms with Gasteiger partial charge in [-0.3, -0.25) is 9.48 Å². The molecule has 1 fully saturated rings. The molecule has 0 aliphatic carbocycles. The molecule has 0 saturated carbocycles. The van der Waals surface area contributed by atoms with Crippen molar-refractivity contribution in [3.8, 4) is 11.3 Å². The van der Waals surface area contributed by atoms with Crippen molar-refractivity contribution in [3.63, 3.8) is 0 Å². The van der Waals surface area contributed by atoms with Gasteiger partial charge in [-0.1, -0.05) is 0 Å². The zero-order valence-corrected chi connectivity index (χ0v) is 16.3. The molecule has 3 aromatic rings. The third-order valence-electron chi connectivity index (χ3n) is 6.28. The Bertz CT molecular complexity index is 963. The van der Waals surface area contributed by atoms with E-state index in [2.05, 4.69) is 31.5 Å². The van der Waals surface area contributed by atoms with Crippen molar-refractivity contribution >= 4 is 17.2 Å². The zero-order valence-electron chi connectivity index (χ0n) is 15.5. The maximum absolute atomic E-state index is 12.8. The van der Waals surface area contributed by atoms with Gasteiger partial charge in [-0.05, 0) is 42.2 Å². The molecule has 0 unspecified atom stereocenters. The first-order valence-electron chi connectivity index (χ1n) is 9.49. The second kappa shape index (κ2) is 6.34. The molecular formula is C20H23N5OS. The normalized spacial score (nSPS) is 18.6. The van der Waals surface area contributed by atoms with E-state index in [1.807, 2.05) is 18.1 Å². The summed E-state index contributed by atoms with van der Waals surface area (Å²) in [5.41, 5.74) is 3.45. The number of piperidine rings is 1. The molecule has 5 rings (SSSR count). The third kappa shape index (κ3) is 2.81. The summed E-state index contributed by atoms with van der Waals surface area (Å²) >= 11 is 1.73. The third-order valence-corrected chi connectivity index (χ3v) is 6.96. The van der Waals surface area contributed by atoms with Gasteiger partial charge < -0.3 is 9.47 Å². The van der Waals surface area contributed by atoms with Crippen LogP contribution in [0.4, 0.5) is 0 Å². The van der Waals surface area contributed by atoms with Gasteiger partial charge in [0, 0.05) is 50.2 Å². The Hall–Kier alpha value is -2.41. The molecule has 2 aliphatic heterocycles. The number of carbonyl (C=O) groups excluding carboxylic acids is 1. The van der Waals surface area contributed by atoms with Crippen molar-refractivity contribution in [2.75, 3.05) is 13.1 Å². The second-order valence-electron chi connectivity index (χ2n) is 7.79. The van der Waals surface area contributed by atoms with Crippen LogP contribution in [0.5, 0.6) is 0 Å². The van der Waals surface area contributed by atoms with Gasteiger partial charge >= 0.3 is 0 Å². The molecule has 1 saturated heterocycles. The molecule has 1 spiro atoms. The van der Waals surface area contributed by atoms with E-state index in [4.69, 9.17) is 0 Å². The predicted molar refractivity (Wildman–Crippen MR) is 105 cm³/mol. The van der Waals surface area contributed by atoms with Gasteiger partial charge in [-0.2, -0.15) is 16.4 Å². The molecule has 0 atom stereocenters.